The zero-order chi connectivity index (χ0) is 15.7. The zero-order valence-corrected chi connectivity index (χ0v) is 10.6. The number of aliphatic carboxylic acids is 1. The van der Waals surface area contributed by atoms with Crippen LogP contribution in [0.3, 0.4) is 0 Å². The molecule has 0 aliphatic rings. The highest BCUT2D eigenvalue weighted by atomic mass is 17.2. The second kappa shape index (κ2) is 8.82. The van der Waals surface area contributed by atoms with Crippen LogP contribution in [-0.4, -0.2) is 41.0 Å². The molecule has 10 heteroatoms. The van der Waals surface area contributed by atoms with E-state index in [1.54, 1.807) is 0 Å². The molecule has 0 saturated carbocycles. The Balaban J connectivity index is 4.01. The van der Waals surface area contributed by atoms with E-state index in [9.17, 15) is 19.2 Å². The topological polar surface area (TPSA) is 185 Å². The van der Waals surface area contributed by atoms with Crippen LogP contribution in [0.4, 0.5) is 0 Å². The van der Waals surface area contributed by atoms with E-state index in [1.807, 2.05) is 0 Å². The van der Waals surface area contributed by atoms with Crippen LogP contribution in [0.15, 0.2) is 0 Å². The van der Waals surface area contributed by atoms with Gasteiger partial charge < -0.3 is 22.3 Å². The second-order valence-corrected chi connectivity index (χ2v) is 3.96. The van der Waals surface area contributed by atoms with Crippen molar-refractivity contribution in [3.05, 3.63) is 0 Å². The Hall–Kier alpha value is -2.20. The molecule has 0 rings (SSSR count). The van der Waals surface area contributed by atoms with Crippen LogP contribution in [0, 0.1) is 0 Å². The molecule has 0 saturated heterocycles. The monoisotopic (exact) mass is 291 g/mol. The van der Waals surface area contributed by atoms with Gasteiger partial charge in [-0.05, 0) is 12.8 Å². The molecule has 0 aromatic heterocycles. The Labute approximate surface area is 114 Å². The first-order valence-electron chi connectivity index (χ1n) is 5.67. The highest BCUT2D eigenvalue weighted by molar-refractivity contribution is 5.80. The molecule has 0 spiro atoms. The molecule has 2 atom stereocenters. The molecule has 0 radical (unpaired) electrons. The predicted molar refractivity (Wildman–Crippen MR) is 63.4 cm³/mol. The molecule has 0 aliphatic heterocycles. The van der Waals surface area contributed by atoms with E-state index in [-0.39, 0.29) is 25.7 Å². The van der Waals surface area contributed by atoms with Gasteiger partial charge in [0.2, 0.25) is 5.91 Å². The van der Waals surface area contributed by atoms with E-state index in [1.165, 1.54) is 0 Å². The van der Waals surface area contributed by atoms with Crippen LogP contribution < -0.4 is 17.2 Å². The first kappa shape index (κ1) is 17.8. The summed E-state index contributed by atoms with van der Waals surface area (Å²) >= 11 is 0. The van der Waals surface area contributed by atoms with Crippen LogP contribution in [-0.2, 0) is 29.0 Å². The summed E-state index contributed by atoms with van der Waals surface area (Å²) in [4.78, 5) is 51.4. The van der Waals surface area contributed by atoms with Crippen molar-refractivity contribution in [3.8, 4) is 0 Å². The second-order valence-electron chi connectivity index (χ2n) is 3.96. The van der Waals surface area contributed by atoms with Gasteiger partial charge in [0.25, 0.3) is 0 Å². The Morgan fingerprint density at radius 2 is 1.30 bits per heavy atom. The summed E-state index contributed by atoms with van der Waals surface area (Å²) in [6.45, 7) is 0. The maximum atomic E-state index is 11.2. The fraction of sp³-hybridized carbons (Fsp3) is 0.600. The summed E-state index contributed by atoms with van der Waals surface area (Å²) < 4.78 is 0. The van der Waals surface area contributed by atoms with Gasteiger partial charge in [-0.25, -0.2) is 19.4 Å². The first-order chi connectivity index (χ1) is 9.23. The Morgan fingerprint density at radius 1 is 0.900 bits per heavy atom. The molecule has 0 aromatic rings. The molecule has 10 nitrogen and oxygen atoms in total. The van der Waals surface area contributed by atoms with Gasteiger partial charge in [0.1, 0.15) is 12.1 Å². The van der Waals surface area contributed by atoms with E-state index in [0.29, 0.717) is 0 Å². The standard InChI is InChI=1S/C10H17N3O7/c11-5(1-3-7(13)14)9(17)19-20-10(18)6(12)2-4-8(15)16/h5-6H,1-4,11-12H2,(H2,13,14)(H,15,16)/t5?,6-/m1/s1. The van der Waals surface area contributed by atoms with Crippen molar-refractivity contribution in [2.24, 2.45) is 17.2 Å². The van der Waals surface area contributed by atoms with Crippen LogP contribution in [0.2, 0.25) is 0 Å². The predicted octanol–water partition coefficient (Wildman–Crippen LogP) is -2.23. The van der Waals surface area contributed by atoms with Crippen molar-refractivity contribution in [1.82, 2.24) is 0 Å². The van der Waals surface area contributed by atoms with Gasteiger partial charge >= 0.3 is 17.9 Å². The van der Waals surface area contributed by atoms with E-state index in [2.05, 4.69) is 9.78 Å². The van der Waals surface area contributed by atoms with Crippen LogP contribution in [0.1, 0.15) is 25.7 Å². The lowest BCUT2D eigenvalue weighted by atomic mass is 10.2. The number of carboxylic acids is 1. The molecule has 0 aromatic carbocycles. The molecule has 0 fully saturated rings. The number of hydrogen-bond donors (Lipinski definition) is 4. The van der Waals surface area contributed by atoms with Crippen molar-refractivity contribution in [1.29, 1.82) is 0 Å². The lowest BCUT2D eigenvalue weighted by Gasteiger charge is -2.11. The number of nitrogens with two attached hydrogens (primary N) is 3. The summed E-state index contributed by atoms with van der Waals surface area (Å²) in [7, 11) is 0. The van der Waals surface area contributed by atoms with Crippen LogP contribution in [0.25, 0.3) is 0 Å². The third-order valence-corrected chi connectivity index (χ3v) is 2.18. The van der Waals surface area contributed by atoms with E-state index in [0.717, 1.165) is 0 Å². The SMILES string of the molecule is NC(=O)CCC(N)C(=O)OOC(=O)[C@H](N)CCC(=O)O. The number of rotatable bonds is 8. The van der Waals surface area contributed by atoms with Gasteiger partial charge in [-0.1, -0.05) is 0 Å². The summed E-state index contributed by atoms with van der Waals surface area (Å²) in [5.74, 6) is -3.92. The lowest BCUT2D eigenvalue weighted by Crippen LogP contribution is -2.37. The molecule has 7 N–H and O–H groups in total. The number of hydrogen-bond acceptors (Lipinski definition) is 8. The van der Waals surface area contributed by atoms with Crippen LogP contribution >= 0.6 is 0 Å². The molecule has 0 bridgehead atoms. The maximum Gasteiger partial charge on any atom is 0.372 e. The highest BCUT2D eigenvalue weighted by Gasteiger charge is 2.22. The number of primary amides is 1. The largest absolute Gasteiger partial charge is 0.481 e. The number of carbonyl (C=O) groups is 4. The quantitative estimate of drug-likeness (QED) is 0.283. The zero-order valence-electron chi connectivity index (χ0n) is 10.6. The summed E-state index contributed by atoms with van der Waals surface area (Å²) in [6, 6.07) is -2.41. The van der Waals surface area contributed by atoms with Gasteiger partial charge in [0.15, 0.2) is 0 Å². The summed E-state index contributed by atoms with van der Waals surface area (Å²) in [6.07, 6.45) is -0.680. The summed E-state index contributed by atoms with van der Waals surface area (Å²) in [5.41, 5.74) is 15.5. The Bertz CT molecular complexity index is 349. The minimum Gasteiger partial charge on any atom is -0.481 e. The van der Waals surface area contributed by atoms with Crippen molar-refractivity contribution < 1.29 is 34.1 Å². The smallest absolute Gasteiger partial charge is 0.372 e. The number of carbonyl (C=O) groups excluding carboxylic acids is 3. The van der Waals surface area contributed by atoms with Crippen LogP contribution in [0.5, 0.6) is 0 Å². The van der Waals surface area contributed by atoms with Crippen molar-refractivity contribution in [2.75, 3.05) is 0 Å². The van der Waals surface area contributed by atoms with Gasteiger partial charge in [-0.3, -0.25) is 9.59 Å². The van der Waals surface area contributed by atoms with Gasteiger partial charge in [-0.2, -0.15) is 0 Å². The van der Waals surface area contributed by atoms with Gasteiger partial charge in [-0.15, -0.1) is 0 Å². The van der Waals surface area contributed by atoms with E-state index in [4.69, 9.17) is 22.3 Å². The van der Waals surface area contributed by atoms with Gasteiger partial charge in [0, 0.05) is 12.8 Å². The highest BCUT2D eigenvalue weighted by Crippen LogP contribution is 2.01. The fourth-order valence-electron chi connectivity index (χ4n) is 1.02. The maximum absolute atomic E-state index is 11.2. The molecular weight excluding hydrogens is 274 g/mol. The third kappa shape index (κ3) is 8.00. The van der Waals surface area contributed by atoms with Gasteiger partial charge in [0.05, 0.1) is 0 Å². The van der Waals surface area contributed by atoms with E-state index >= 15 is 0 Å². The average molecular weight is 291 g/mol. The van der Waals surface area contributed by atoms with Crippen molar-refractivity contribution >= 4 is 23.8 Å². The molecule has 20 heavy (non-hydrogen) atoms. The number of carboxylic acid groups (broad SMARTS) is 1. The molecule has 114 valence electrons. The minimum absolute atomic E-state index is 0.0587. The Morgan fingerprint density at radius 3 is 1.65 bits per heavy atom. The Kier molecular flexibility index (Phi) is 7.85. The molecule has 1 amide bonds. The first-order valence-corrected chi connectivity index (χ1v) is 5.67. The third-order valence-electron chi connectivity index (χ3n) is 2.18. The fourth-order valence-corrected chi connectivity index (χ4v) is 1.02. The average Bonchev–Trinajstić information content (AvgIpc) is 2.38. The lowest BCUT2D eigenvalue weighted by molar-refractivity contribution is -0.261. The van der Waals surface area contributed by atoms with E-state index < -0.39 is 35.9 Å². The van der Waals surface area contributed by atoms with Crippen molar-refractivity contribution in [3.63, 3.8) is 0 Å². The normalized spacial score (nSPS) is 13.1. The number of amides is 1. The molecule has 1 unspecified atom stereocenters. The minimum atomic E-state index is -1.24. The molecule has 0 aliphatic carbocycles. The van der Waals surface area contributed by atoms with Crippen molar-refractivity contribution in [2.45, 2.75) is 37.8 Å². The summed E-state index contributed by atoms with van der Waals surface area (Å²) in [5, 5.41) is 8.39. The molecule has 0 heterocycles. The molecular formula is C10H17N3O7.